The monoisotopic (exact) mass is 451 g/mol. The van der Waals surface area contributed by atoms with E-state index in [1.807, 2.05) is 30.3 Å². The van der Waals surface area contributed by atoms with Crippen LogP contribution in [0.1, 0.15) is 38.2 Å². The van der Waals surface area contributed by atoms with E-state index in [0.717, 1.165) is 10.5 Å². The van der Waals surface area contributed by atoms with Gasteiger partial charge in [-0.2, -0.15) is 26.3 Å². The van der Waals surface area contributed by atoms with Crippen LogP contribution >= 0.6 is 0 Å². The van der Waals surface area contributed by atoms with Gasteiger partial charge in [0.25, 0.3) is 5.91 Å². The molecule has 0 aliphatic rings. The summed E-state index contributed by atoms with van der Waals surface area (Å²) in [5, 5.41) is 0. The molecule has 0 unspecified atom stereocenters. The molecule has 0 aromatic heterocycles. The molecule has 3 aromatic rings. The molecule has 32 heavy (non-hydrogen) atoms. The molecule has 0 heterocycles. The van der Waals surface area contributed by atoms with E-state index in [9.17, 15) is 31.1 Å². The lowest BCUT2D eigenvalue weighted by Gasteiger charge is -2.21. The fourth-order valence-electron chi connectivity index (χ4n) is 3.36. The highest BCUT2D eigenvalue weighted by Gasteiger charge is 2.37. The fourth-order valence-corrected chi connectivity index (χ4v) is 3.36. The van der Waals surface area contributed by atoms with Crippen LogP contribution in [0.5, 0.6) is 0 Å². The van der Waals surface area contributed by atoms with Crippen molar-refractivity contribution in [3.05, 3.63) is 106 Å². The largest absolute Gasteiger partial charge is 0.416 e. The van der Waals surface area contributed by atoms with E-state index in [4.69, 9.17) is 0 Å². The maximum absolute atomic E-state index is 13.1. The second-order valence-electron chi connectivity index (χ2n) is 7.39. The summed E-state index contributed by atoms with van der Waals surface area (Å²) in [4.78, 5) is 14.1. The normalized spacial score (nSPS) is 12.0. The molecule has 8 heteroatoms. The zero-order valence-corrected chi connectivity index (χ0v) is 17.0. The number of carbonyl (C=O) groups excluding carboxylic acids is 1. The van der Waals surface area contributed by atoms with Crippen LogP contribution < -0.4 is 0 Å². The highest BCUT2D eigenvalue weighted by atomic mass is 19.4. The molecule has 0 aliphatic heterocycles. The number of hydrogen-bond acceptors (Lipinski definition) is 1. The van der Waals surface area contributed by atoms with E-state index in [2.05, 4.69) is 0 Å². The van der Waals surface area contributed by atoms with E-state index >= 15 is 0 Å². The van der Waals surface area contributed by atoms with Crippen molar-refractivity contribution in [1.82, 2.24) is 4.90 Å². The number of benzene rings is 3. The van der Waals surface area contributed by atoms with Gasteiger partial charge in [-0.1, -0.05) is 48.5 Å². The molecule has 1 amide bonds. The van der Waals surface area contributed by atoms with Gasteiger partial charge in [0.2, 0.25) is 0 Å². The van der Waals surface area contributed by atoms with Gasteiger partial charge in [-0.15, -0.1) is 0 Å². The van der Waals surface area contributed by atoms with Crippen LogP contribution in [-0.2, 0) is 25.3 Å². The van der Waals surface area contributed by atoms with Gasteiger partial charge in [-0.3, -0.25) is 4.79 Å². The molecule has 2 nitrogen and oxygen atoms in total. The Morgan fingerprint density at radius 2 is 1.28 bits per heavy atom. The molecule has 0 saturated heterocycles. The maximum atomic E-state index is 13.1. The molecule has 3 aromatic carbocycles. The Labute approximate surface area is 181 Å². The van der Waals surface area contributed by atoms with Crippen molar-refractivity contribution in [1.29, 1.82) is 0 Å². The highest BCUT2D eigenvalue weighted by molar-refractivity contribution is 5.95. The van der Waals surface area contributed by atoms with E-state index in [-0.39, 0.29) is 11.6 Å². The zero-order chi connectivity index (χ0) is 23.5. The van der Waals surface area contributed by atoms with Crippen LogP contribution in [0.3, 0.4) is 0 Å². The first-order valence-corrected chi connectivity index (χ1v) is 9.61. The van der Waals surface area contributed by atoms with Crippen LogP contribution in [0, 0.1) is 0 Å². The van der Waals surface area contributed by atoms with E-state index in [1.54, 1.807) is 24.3 Å². The molecular formula is C24H19F6NO. The average molecular weight is 451 g/mol. The van der Waals surface area contributed by atoms with Crippen LogP contribution in [0.25, 0.3) is 0 Å². The molecule has 0 radical (unpaired) electrons. The van der Waals surface area contributed by atoms with Crippen molar-refractivity contribution in [2.45, 2.75) is 25.3 Å². The second kappa shape index (κ2) is 9.06. The fraction of sp³-hybridized carbons (Fsp3) is 0.208. The Morgan fingerprint density at radius 1 is 0.750 bits per heavy atom. The summed E-state index contributed by atoms with van der Waals surface area (Å²) >= 11 is 0. The molecule has 0 bridgehead atoms. The first kappa shape index (κ1) is 23.4. The predicted octanol–water partition coefficient (Wildman–Crippen LogP) is 6.59. The average Bonchev–Trinajstić information content (AvgIpc) is 2.73. The minimum atomic E-state index is -4.94. The van der Waals surface area contributed by atoms with Gasteiger partial charge in [0.05, 0.1) is 11.1 Å². The summed E-state index contributed by atoms with van der Waals surface area (Å²) in [6.07, 6.45) is -9.43. The van der Waals surface area contributed by atoms with Crippen molar-refractivity contribution in [3.8, 4) is 0 Å². The highest BCUT2D eigenvalue weighted by Crippen LogP contribution is 2.36. The van der Waals surface area contributed by atoms with Gasteiger partial charge < -0.3 is 4.90 Å². The Morgan fingerprint density at radius 3 is 1.84 bits per heavy atom. The SMILES string of the molecule is CN(Cc1cc(C(F)(F)F)cc(C(F)(F)F)c1)C(=O)c1ccccc1Cc1ccccc1. The van der Waals surface area contributed by atoms with E-state index in [0.29, 0.717) is 29.7 Å². The zero-order valence-electron chi connectivity index (χ0n) is 17.0. The van der Waals surface area contributed by atoms with E-state index < -0.39 is 35.9 Å². The van der Waals surface area contributed by atoms with Crippen molar-refractivity contribution in [3.63, 3.8) is 0 Å². The summed E-state index contributed by atoms with van der Waals surface area (Å²) in [6, 6.07) is 17.5. The quantitative estimate of drug-likeness (QED) is 0.401. The van der Waals surface area contributed by atoms with Crippen molar-refractivity contribution >= 4 is 5.91 Å². The Hall–Kier alpha value is -3.29. The summed E-state index contributed by atoms with van der Waals surface area (Å²) < 4.78 is 78.7. The maximum Gasteiger partial charge on any atom is 0.416 e. The molecule has 0 N–H and O–H groups in total. The third-order valence-corrected chi connectivity index (χ3v) is 4.90. The van der Waals surface area contributed by atoms with Gasteiger partial charge in [0, 0.05) is 19.2 Å². The van der Waals surface area contributed by atoms with Gasteiger partial charge in [-0.05, 0) is 47.4 Å². The predicted molar refractivity (Wildman–Crippen MR) is 108 cm³/mol. The number of halogens is 6. The van der Waals surface area contributed by atoms with Crippen molar-refractivity contribution < 1.29 is 31.1 Å². The first-order chi connectivity index (χ1) is 14.9. The molecule has 168 valence electrons. The second-order valence-corrected chi connectivity index (χ2v) is 7.39. The molecule has 0 fully saturated rings. The van der Waals surface area contributed by atoms with Gasteiger partial charge in [0.15, 0.2) is 0 Å². The minimum absolute atomic E-state index is 0.0699. The smallest absolute Gasteiger partial charge is 0.337 e. The topological polar surface area (TPSA) is 20.3 Å². The number of carbonyl (C=O) groups is 1. The molecule has 0 aliphatic carbocycles. The number of alkyl halides is 6. The minimum Gasteiger partial charge on any atom is -0.337 e. The summed E-state index contributed by atoms with van der Waals surface area (Å²) in [5.74, 6) is -0.498. The third-order valence-electron chi connectivity index (χ3n) is 4.90. The molecule has 0 spiro atoms. The lowest BCUT2D eigenvalue weighted by atomic mass is 9.98. The standard InChI is InChI=1S/C24H19F6NO/c1-31(15-17-12-19(23(25,26)27)14-20(13-17)24(28,29)30)22(32)21-10-6-5-9-18(21)11-16-7-3-2-4-8-16/h2-10,12-14H,11,15H2,1H3. The number of hydrogen-bond donors (Lipinski definition) is 0. The van der Waals surface area contributed by atoms with Crippen molar-refractivity contribution in [2.24, 2.45) is 0 Å². The summed E-state index contributed by atoms with van der Waals surface area (Å²) in [7, 11) is 1.34. The lowest BCUT2D eigenvalue weighted by Crippen LogP contribution is -2.27. The number of nitrogens with zero attached hydrogens (tertiary/aromatic N) is 1. The molecule has 3 rings (SSSR count). The Balaban J connectivity index is 1.88. The van der Waals surface area contributed by atoms with Crippen LogP contribution in [0.15, 0.2) is 72.8 Å². The van der Waals surface area contributed by atoms with Gasteiger partial charge in [0.1, 0.15) is 0 Å². The molecule has 0 saturated carbocycles. The van der Waals surface area contributed by atoms with Crippen LogP contribution in [-0.4, -0.2) is 17.9 Å². The molecule has 0 atom stereocenters. The van der Waals surface area contributed by atoms with Gasteiger partial charge >= 0.3 is 12.4 Å². The van der Waals surface area contributed by atoms with E-state index in [1.165, 1.54) is 7.05 Å². The number of amides is 1. The van der Waals surface area contributed by atoms with Gasteiger partial charge in [-0.25, -0.2) is 0 Å². The summed E-state index contributed by atoms with van der Waals surface area (Å²) in [5.41, 5.74) is -1.08. The Kier molecular flexibility index (Phi) is 6.62. The lowest BCUT2D eigenvalue weighted by molar-refractivity contribution is -0.143. The van der Waals surface area contributed by atoms with Crippen molar-refractivity contribution in [2.75, 3.05) is 7.05 Å². The van der Waals surface area contributed by atoms with Crippen LogP contribution in [0.4, 0.5) is 26.3 Å². The number of rotatable bonds is 5. The molecular weight excluding hydrogens is 432 g/mol. The summed E-state index contributed by atoms with van der Waals surface area (Å²) in [6.45, 7) is -0.411. The Bertz CT molecular complexity index is 1060. The first-order valence-electron chi connectivity index (χ1n) is 9.61. The van der Waals surface area contributed by atoms with Crippen LogP contribution in [0.2, 0.25) is 0 Å². The third kappa shape index (κ3) is 5.69.